The van der Waals surface area contributed by atoms with Gasteiger partial charge in [-0.1, -0.05) is 18.2 Å². The Morgan fingerprint density at radius 2 is 1.95 bits per heavy atom. The Bertz CT molecular complexity index is 1630. The molecule has 1 atom stereocenters. The number of piperidine rings is 1. The Labute approximate surface area is 223 Å². The van der Waals surface area contributed by atoms with E-state index in [-0.39, 0.29) is 36.9 Å². The van der Waals surface area contributed by atoms with E-state index < -0.39 is 0 Å². The van der Waals surface area contributed by atoms with Crippen LogP contribution in [0.15, 0.2) is 48.8 Å². The van der Waals surface area contributed by atoms with Gasteiger partial charge in [0.15, 0.2) is 17.1 Å². The molecule has 1 saturated heterocycles. The number of hydrogen-bond donors (Lipinski definition) is 2. The van der Waals surface area contributed by atoms with Gasteiger partial charge < -0.3 is 25.4 Å². The van der Waals surface area contributed by atoms with Crippen LogP contribution < -0.4 is 20.5 Å². The van der Waals surface area contributed by atoms with Crippen LogP contribution in [0.2, 0.25) is 0 Å². The minimum Gasteiger partial charge on any atom is -0.453 e. The predicted molar refractivity (Wildman–Crippen MR) is 141 cm³/mol. The summed E-state index contributed by atoms with van der Waals surface area (Å²) in [6, 6.07) is 14.2. The molecule has 4 aromatic rings. The van der Waals surface area contributed by atoms with Crippen LogP contribution in [0, 0.1) is 11.3 Å². The summed E-state index contributed by atoms with van der Waals surface area (Å²) in [5.41, 5.74) is 8.95. The number of ether oxygens (including phenoxy) is 2. The number of nitrogen functional groups attached to an aromatic ring is 1. The number of carbonyl (C=O) groups excluding carboxylic acids is 2. The summed E-state index contributed by atoms with van der Waals surface area (Å²) >= 11 is 0. The third-order valence-electron chi connectivity index (χ3n) is 6.90. The van der Waals surface area contributed by atoms with Gasteiger partial charge in [0.2, 0.25) is 12.7 Å². The lowest BCUT2D eigenvalue weighted by molar-refractivity contribution is -0.131. The molecule has 2 aromatic heterocycles. The third-order valence-corrected chi connectivity index (χ3v) is 6.90. The van der Waals surface area contributed by atoms with Crippen LogP contribution in [0.4, 0.5) is 11.5 Å². The van der Waals surface area contributed by atoms with Gasteiger partial charge in [0.1, 0.15) is 24.3 Å². The van der Waals surface area contributed by atoms with Crippen molar-refractivity contribution in [2.45, 2.75) is 25.3 Å². The molecule has 0 unspecified atom stereocenters. The lowest BCUT2D eigenvalue weighted by atomic mass is 10.1. The van der Waals surface area contributed by atoms with E-state index in [0.717, 1.165) is 12.8 Å². The first-order valence-electron chi connectivity index (χ1n) is 12.5. The van der Waals surface area contributed by atoms with Crippen LogP contribution in [0.25, 0.3) is 22.3 Å². The number of nitrogens with two attached hydrogens (primary N) is 1. The molecule has 6 rings (SSSR count). The van der Waals surface area contributed by atoms with Gasteiger partial charge in [-0.15, -0.1) is 0 Å². The standard InChI is InChI=1S/C27H24N8O4/c28-11-10-20(36)34-12-4-7-17(13-34)35-26-21(25(29)30-14-31-26)22(33-35)18-8-9-19(24-23(18)38-15-39-24)32-27(37)16-5-2-1-3-6-16/h1-3,5-6,8-9,14,17H,4,7,10,12-13,15H2,(H,32,37)(H2,29,30,31)/t17-/m1/s1. The summed E-state index contributed by atoms with van der Waals surface area (Å²) in [6.07, 6.45) is 2.76. The van der Waals surface area contributed by atoms with E-state index >= 15 is 0 Å². The van der Waals surface area contributed by atoms with Crippen molar-refractivity contribution in [3.63, 3.8) is 0 Å². The highest BCUT2D eigenvalue weighted by atomic mass is 16.7. The van der Waals surface area contributed by atoms with E-state index in [1.165, 1.54) is 6.33 Å². The van der Waals surface area contributed by atoms with Crippen LogP contribution in [0.1, 0.15) is 35.7 Å². The first-order chi connectivity index (χ1) is 19.0. The van der Waals surface area contributed by atoms with Crippen molar-refractivity contribution in [2.24, 2.45) is 0 Å². The number of amides is 2. The number of benzene rings is 2. The normalized spacial score (nSPS) is 16.2. The van der Waals surface area contributed by atoms with E-state index in [1.54, 1.807) is 46.0 Å². The smallest absolute Gasteiger partial charge is 0.255 e. The average Bonchev–Trinajstić information content (AvgIpc) is 3.61. The highest BCUT2D eigenvalue weighted by Gasteiger charge is 2.31. The Hall–Kier alpha value is -5.18. The van der Waals surface area contributed by atoms with E-state index in [0.29, 0.717) is 58.1 Å². The number of nitrogens with one attached hydrogen (secondary N) is 1. The van der Waals surface area contributed by atoms with Crippen molar-refractivity contribution in [3.8, 4) is 28.8 Å². The predicted octanol–water partition coefficient (Wildman–Crippen LogP) is 3.13. The molecule has 2 aliphatic heterocycles. The average molecular weight is 525 g/mol. The molecule has 0 spiro atoms. The van der Waals surface area contributed by atoms with Gasteiger partial charge >= 0.3 is 0 Å². The highest BCUT2D eigenvalue weighted by molar-refractivity contribution is 6.06. The molecule has 2 aromatic carbocycles. The molecule has 3 N–H and O–H groups in total. The van der Waals surface area contributed by atoms with E-state index in [2.05, 4.69) is 15.3 Å². The van der Waals surface area contributed by atoms with E-state index in [1.807, 2.05) is 12.1 Å². The maximum Gasteiger partial charge on any atom is 0.255 e. The Balaban J connectivity index is 1.40. The van der Waals surface area contributed by atoms with Crippen LogP contribution in [0.5, 0.6) is 11.5 Å². The number of nitrogens with zero attached hydrogens (tertiary/aromatic N) is 6. The zero-order chi connectivity index (χ0) is 26.9. The number of fused-ring (bicyclic) bond motifs is 2. The summed E-state index contributed by atoms with van der Waals surface area (Å²) in [5, 5.41) is 17.3. The minimum absolute atomic E-state index is 0.0240. The summed E-state index contributed by atoms with van der Waals surface area (Å²) in [7, 11) is 0. The molecule has 12 heteroatoms. The first kappa shape index (κ1) is 24.2. The molecule has 196 valence electrons. The van der Waals surface area contributed by atoms with E-state index in [4.69, 9.17) is 25.6 Å². The third kappa shape index (κ3) is 4.33. The van der Waals surface area contributed by atoms with E-state index in [9.17, 15) is 9.59 Å². The Morgan fingerprint density at radius 3 is 2.77 bits per heavy atom. The molecule has 39 heavy (non-hydrogen) atoms. The summed E-state index contributed by atoms with van der Waals surface area (Å²) < 4.78 is 13.4. The molecule has 1 fully saturated rings. The Morgan fingerprint density at radius 1 is 1.13 bits per heavy atom. The number of aromatic nitrogens is 4. The number of rotatable bonds is 5. The van der Waals surface area contributed by atoms with Gasteiger partial charge in [-0.3, -0.25) is 9.59 Å². The monoisotopic (exact) mass is 524 g/mol. The van der Waals surface area contributed by atoms with Gasteiger partial charge in [0.05, 0.1) is 23.2 Å². The van der Waals surface area contributed by atoms with Crippen LogP contribution in [-0.4, -0.2) is 56.3 Å². The van der Waals surface area contributed by atoms with Crippen molar-refractivity contribution in [1.82, 2.24) is 24.6 Å². The summed E-state index contributed by atoms with van der Waals surface area (Å²) in [4.78, 5) is 35.5. The molecule has 0 radical (unpaired) electrons. The second-order valence-corrected chi connectivity index (χ2v) is 9.27. The molecule has 0 saturated carbocycles. The quantitative estimate of drug-likeness (QED) is 0.399. The van der Waals surface area contributed by atoms with Crippen molar-refractivity contribution in [2.75, 3.05) is 30.9 Å². The zero-order valence-corrected chi connectivity index (χ0v) is 20.8. The molecule has 2 amide bonds. The highest BCUT2D eigenvalue weighted by Crippen LogP contribution is 2.48. The van der Waals surface area contributed by atoms with Gasteiger partial charge in [0, 0.05) is 24.2 Å². The molecule has 2 aliphatic rings. The van der Waals surface area contributed by atoms with Crippen molar-refractivity contribution in [1.29, 1.82) is 5.26 Å². The number of anilines is 2. The fraction of sp³-hybridized carbons (Fsp3) is 0.259. The Kier molecular flexibility index (Phi) is 6.16. The number of nitriles is 1. The molecule has 0 aliphatic carbocycles. The van der Waals surface area contributed by atoms with Gasteiger partial charge in [-0.2, -0.15) is 10.4 Å². The zero-order valence-electron chi connectivity index (χ0n) is 20.8. The SMILES string of the molecule is N#CCC(=O)N1CCC[C@@H](n2nc(-c3ccc(NC(=O)c4ccccc4)c4c3OCO4)c3c(N)ncnc32)C1. The fourth-order valence-corrected chi connectivity index (χ4v) is 5.06. The van der Waals surface area contributed by atoms with Crippen LogP contribution >= 0.6 is 0 Å². The van der Waals surface area contributed by atoms with Gasteiger partial charge in [0.25, 0.3) is 5.91 Å². The lowest BCUT2D eigenvalue weighted by Crippen LogP contribution is -2.40. The van der Waals surface area contributed by atoms with Gasteiger partial charge in [-0.05, 0) is 37.1 Å². The molecular weight excluding hydrogens is 500 g/mol. The molecule has 4 heterocycles. The lowest BCUT2D eigenvalue weighted by Gasteiger charge is -2.32. The van der Waals surface area contributed by atoms with Crippen molar-refractivity contribution in [3.05, 3.63) is 54.4 Å². The first-order valence-corrected chi connectivity index (χ1v) is 12.5. The summed E-state index contributed by atoms with van der Waals surface area (Å²) in [5.74, 6) is 0.584. The molecule has 12 nitrogen and oxygen atoms in total. The van der Waals surface area contributed by atoms with Crippen LogP contribution in [0.3, 0.4) is 0 Å². The topological polar surface area (TPSA) is 161 Å². The maximum atomic E-state index is 12.8. The maximum absolute atomic E-state index is 12.8. The fourth-order valence-electron chi connectivity index (χ4n) is 5.06. The summed E-state index contributed by atoms with van der Waals surface area (Å²) in [6.45, 7) is 0.974. The second kappa shape index (κ2) is 9.94. The number of carbonyl (C=O) groups is 2. The second-order valence-electron chi connectivity index (χ2n) is 9.27. The number of hydrogen-bond acceptors (Lipinski definition) is 9. The largest absolute Gasteiger partial charge is 0.453 e. The minimum atomic E-state index is -0.277. The number of likely N-dealkylation sites (tertiary alicyclic amines) is 1. The molecule has 0 bridgehead atoms. The van der Waals surface area contributed by atoms with Crippen molar-refractivity contribution < 1.29 is 19.1 Å². The van der Waals surface area contributed by atoms with Crippen LogP contribution in [-0.2, 0) is 4.79 Å². The molecular formula is C27H24N8O4. The van der Waals surface area contributed by atoms with Crippen molar-refractivity contribution >= 4 is 34.4 Å². The van der Waals surface area contributed by atoms with Gasteiger partial charge in [-0.25, -0.2) is 14.6 Å².